The van der Waals surface area contributed by atoms with Gasteiger partial charge >= 0.3 is 6.03 Å². The fraction of sp³-hybridized carbons (Fsp3) is 0.455. The van der Waals surface area contributed by atoms with Gasteiger partial charge in [-0.2, -0.15) is 5.10 Å². The molecule has 0 saturated carbocycles. The zero-order valence-corrected chi connectivity index (χ0v) is 17.4. The topological polar surface area (TPSA) is 74.0 Å². The second-order valence-electron chi connectivity index (χ2n) is 8.29. The smallest absolute Gasteiger partial charge is 0.331 e. The Balaban J connectivity index is 1.55. The van der Waals surface area contributed by atoms with E-state index in [1.54, 1.807) is 20.7 Å². The number of hydrogen-bond acceptors (Lipinski definition) is 4. The quantitative estimate of drug-likeness (QED) is 0.786. The summed E-state index contributed by atoms with van der Waals surface area (Å²) in [6.07, 6.45) is 4.92. The van der Waals surface area contributed by atoms with E-state index in [9.17, 15) is 9.59 Å². The second-order valence-corrected chi connectivity index (χ2v) is 8.29. The number of nitrogens with zero attached hydrogens (tertiary/aromatic N) is 6. The molecule has 3 aliphatic rings. The highest BCUT2D eigenvalue weighted by molar-refractivity contribution is 6.20. The molecule has 1 saturated heterocycles. The fourth-order valence-corrected chi connectivity index (χ4v) is 4.57. The van der Waals surface area contributed by atoms with Crippen molar-refractivity contribution in [2.45, 2.75) is 39.2 Å². The summed E-state index contributed by atoms with van der Waals surface area (Å²) in [6, 6.07) is 7.98. The van der Waals surface area contributed by atoms with Crippen LogP contribution in [0.3, 0.4) is 0 Å². The second kappa shape index (κ2) is 7.27. The molecule has 1 atom stereocenters. The molecule has 1 aromatic carbocycles. The van der Waals surface area contributed by atoms with Gasteiger partial charge < -0.3 is 4.90 Å². The number of benzene rings is 1. The van der Waals surface area contributed by atoms with E-state index in [0.717, 1.165) is 42.6 Å². The summed E-state index contributed by atoms with van der Waals surface area (Å²) in [5.74, 6) is 1.26. The highest BCUT2D eigenvalue weighted by Crippen LogP contribution is 2.33. The number of aryl methyl sites for hydroxylation is 1. The number of piperidine rings is 1. The minimum Gasteiger partial charge on any atom is -0.338 e. The van der Waals surface area contributed by atoms with Crippen molar-refractivity contribution in [3.63, 3.8) is 0 Å². The van der Waals surface area contributed by atoms with Crippen molar-refractivity contribution in [1.82, 2.24) is 19.6 Å². The van der Waals surface area contributed by atoms with Crippen molar-refractivity contribution in [1.29, 1.82) is 0 Å². The van der Waals surface area contributed by atoms with Gasteiger partial charge in [-0.1, -0.05) is 17.7 Å². The van der Waals surface area contributed by atoms with Crippen molar-refractivity contribution < 1.29 is 9.59 Å². The van der Waals surface area contributed by atoms with Crippen LogP contribution in [0, 0.1) is 6.92 Å². The number of aromatic nitrogens is 2. The molecule has 0 unspecified atom stereocenters. The third-order valence-electron chi connectivity index (χ3n) is 6.24. The van der Waals surface area contributed by atoms with Crippen LogP contribution < -0.4 is 4.90 Å². The number of hydrogen-bond donors (Lipinski definition) is 0. The first kappa shape index (κ1) is 18.8. The highest BCUT2D eigenvalue weighted by atomic mass is 16.2. The number of carbonyl (C=O) groups excluding carboxylic acids is 2. The van der Waals surface area contributed by atoms with E-state index in [0.29, 0.717) is 24.7 Å². The molecule has 0 N–H and O–H groups in total. The molecule has 8 heteroatoms. The van der Waals surface area contributed by atoms with Gasteiger partial charge in [0.2, 0.25) is 5.91 Å². The van der Waals surface area contributed by atoms with E-state index in [1.807, 2.05) is 36.1 Å². The Bertz CT molecular complexity index is 1020. The van der Waals surface area contributed by atoms with Crippen molar-refractivity contribution in [2.75, 3.05) is 31.1 Å². The lowest BCUT2D eigenvalue weighted by Gasteiger charge is -2.37. The normalized spacial score (nSPS) is 20.9. The summed E-state index contributed by atoms with van der Waals surface area (Å²) in [5, 5.41) is 4.57. The van der Waals surface area contributed by atoms with Gasteiger partial charge in [0.25, 0.3) is 0 Å². The Labute approximate surface area is 175 Å². The van der Waals surface area contributed by atoms with Crippen molar-refractivity contribution in [2.24, 2.45) is 4.99 Å². The molecule has 1 fully saturated rings. The number of fused-ring (bicyclic) bond motifs is 3. The molecule has 3 aliphatic heterocycles. The molecule has 0 aliphatic carbocycles. The van der Waals surface area contributed by atoms with Gasteiger partial charge in [0.05, 0.1) is 24.0 Å². The minimum atomic E-state index is -0.203. The van der Waals surface area contributed by atoms with Crippen LogP contribution in [0.1, 0.15) is 37.3 Å². The number of carbonyl (C=O) groups is 2. The van der Waals surface area contributed by atoms with Crippen molar-refractivity contribution in [3.8, 4) is 5.69 Å². The Morgan fingerprint density at radius 3 is 2.73 bits per heavy atom. The standard InChI is InChI=1S/C22H26N6O2/c1-15-6-8-17(9-7-15)28-21-18(13-24-28)20-23-10-12-26(20)22(30)27(21)14-19(29)25-11-4-3-5-16(25)2/h6-9,13,16H,3-5,10-12,14H2,1-2H3/t16-/m1/s1. The van der Waals surface area contributed by atoms with E-state index >= 15 is 0 Å². The third-order valence-corrected chi connectivity index (χ3v) is 6.24. The molecule has 1 aromatic heterocycles. The third kappa shape index (κ3) is 2.98. The zero-order valence-electron chi connectivity index (χ0n) is 17.4. The predicted molar refractivity (Wildman–Crippen MR) is 114 cm³/mol. The predicted octanol–water partition coefficient (Wildman–Crippen LogP) is 2.58. The molecule has 0 bridgehead atoms. The fourth-order valence-electron chi connectivity index (χ4n) is 4.57. The van der Waals surface area contributed by atoms with E-state index in [4.69, 9.17) is 0 Å². The molecular formula is C22H26N6O2. The number of aliphatic imine (C=N–C) groups is 1. The number of anilines is 1. The van der Waals surface area contributed by atoms with Crippen LogP contribution in [-0.4, -0.2) is 69.6 Å². The average Bonchev–Trinajstić information content (AvgIpc) is 3.39. The lowest BCUT2D eigenvalue weighted by molar-refractivity contribution is -0.132. The maximum atomic E-state index is 13.4. The van der Waals surface area contributed by atoms with Gasteiger partial charge in [-0.3, -0.25) is 19.6 Å². The number of urea groups is 1. The number of amides is 3. The lowest BCUT2D eigenvalue weighted by atomic mass is 10.0. The van der Waals surface area contributed by atoms with Crippen LogP contribution in [0.15, 0.2) is 35.5 Å². The highest BCUT2D eigenvalue weighted by Gasteiger charge is 2.41. The van der Waals surface area contributed by atoms with E-state index in [2.05, 4.69) is 17.0 Å². The minimum absolute atomic E-state index is 0.0114. The monoisotopic (exact) mass is 406 g/mol. The average molecular weight is 406 g/mol. The first-order valence-electron chi connectivity index (χ1n) is 10.6. The lowest BCUT2D eigenvalue weighted by Crippen LogP contribution is -2.55. The molecule has 2 aromatic rings. The summed E-state index contributed by atoms with van der Waals surface area (Å²) in [5.41, 5.74) is 2.80. The Kier molecular flexibility index (Phi) is 4.56. The van der Waals surface area contributed by atoms with Gasteiger partial charge in [0, 0.05) is 19.1 Å². The summed E-state index contributed by atoms with van der Waals surface area (Å²) < 4.78 is 1.75. The van der Waals surface area contributed by atoms with E-state index < -0.39 is 0 Å². The molecule has 156 valence electrons. The van der Waals surface area contributed by atoms with Gasteiger partial charge in [-0.05, 0) is 45.2 Å². The van der Waals surface area contributed by atoms with Crippen LogP contribution in [0.5, 0.6) is 0 Å². The van der Waals surface area contributed by atoms with Crippen molar-refractivity contribution in [3.05, 3.63) is 41.6 Å². The maximum absolute atomic E-state index is 13.4. The van der Waals surface area contributed by atoms with Gasteiger partial charge in [-0.25, -0.2) is 9.48 Å². The summed E-state index contributed by atoms with van der Waals surface area (Å²) in [6.45, 7) is 5.99. The van der Waals surface area contributed by atoms with E-state index in [1.165, 1.54) is 0 Å². The first-order valence-corrected chi connectivity index (χ1v) is 10.6. The van der Waals surface area contributed by atoms with Crippen LogP contribution in [0.4, 0.5) is 10.6 Å². The Morgan fingerprint density at radius 2 is 1.97 bits per heavy atom. The SMILES string of the molecule is Cc1ccc(-n2ncc3c2N(CC(=O)N2CCCC[C@H]2C)C(=O)N2CCN=C32)cc1. The molecule has 0 radical (unpaired) electrons. The zero-order chi connectivity index (χ0) is 20.8. The molecular weight excluding hydrogens is 380 g/mol. The number of likely N-dealkylation sites (tertiary alicyclic amines) is 1. The van der Waals surface area contributed by atoms with Gasteiger partial charge in [-0.15, -0.1) is 0 Å². The first-order chi connectivity index (χ1) is 14.5. The van der Waals surface area contributed by atoms with Gasteiger partial charge in [0.15, 0.2) is 5.82 Å². The largest absolute Gasteiger partial charge is 0.338 e. The Morgan fingerprint density at radius 1 is 1.17 bits per heavy atom. The molecule has 0 spiro atoms. The number of amidine groups is 1. The molecule has 4 heterocycles. The molecule has 5 rings (SSSR count). The summed E-state index contributed by atoms with van der Waals surface area (Å²) in [7, 11) is 0. The van der Waals surface area contributed by atoms with Crippen LogP contribution in [0.2, 0.25) is 0 Å². The summed E-state index contributed by atoms with van der Waals surface area (Å²) >= 11 is 0. The summed E-state index contributed by atoms with van der Waals surface area (Å²) in [4.78, 5) is 36.2. The van der Waals surface area contributed by atoms with Gasteiger partial charge in [0.1, 0.15) is 12.4 Å². The molecule has 30 heavy (non-hydrogen) atoms. The van der Waals surface area contributed by atoms with E-state index in [-0.39, 0.29) is 24.5 Å². The van der Waals surface area contributed by atoms with Crippen LogP contribution in [-0.2, 0) is 4.79 Å². The van der Waals surface area contributed by atoms with Crippen LogP contribution >= 0.6 is 0 Å². The maximum Gasteiger partial charge on any atom is 0.331 e. The molecule has 8 nitrogen and oxygen atoms in total. The van der Waals surface area contributed by atoms with Crippen LogP contribution in [0.25, 0.3) is 5.69 Å². The van der Waals surface area contributed by atoms with Crippen molar-refractivity contribution >= 4 is 23.6 Å². The molecule has 3 amide bonds. The Hall–Kier alpha value is -3.16. The number of rotatable bonds is 3.